The van der Waals surface area contributed by atoms with E-state index in [1.165, 1.54) is 18.9 Å². The molecule has 0 spiro atoms. The molecule has 0 radical (unpaired) electrons. The molecule has 1 unspecified atom stereocenters. The third-order valence-electron chi connectivity index (χ3n) is 4.02. The first-order valence-corrected chi connectivity index (χ1v) is 8.65. The Morgan fingerprint density at radius 2 is 1.96 bits per heavy atom. The van der Waals surface area contributed by atoms with E-state index < -0.39 is 6.04 Å². The van der Waals surface area contributed by atoms with Crippen LogP contribution in [0.3, 0.4) is 0 Å². The molecule has 24 heavy (non-hydrogen) atoms. The molecule has 0 fully saturated rings. The van der Waals surface area contributed by atoms with Crippen LogP contribution in [-0.4, -0.2) is 40.7 Å². The second-order valence-electron chi connectivity index (χ2n) is 5.49. The summed E-state index contributed by atoms with van der Waals surface area (Å²) in [6, 6.07) is 12.9. The van der Waals surface area contributed by atoms with Crippen molar-refractivity contribution in [2.45, 2.75) is 24.0 Å². The molecule has 1 aromatic carbocycles. The van der Waals surface area contributed by atoms with E-state index in [1.54, 1.807) is 11.1 Å². The number of ether oxygens (including phenoxy) is 1. The van der Waals surface area contributed by atoms with Crippen molar-refractivity contribution < 1.29 is 14.3 Å². The maximum absolute atomic E-state index is 12.7. The van der Waals surface area contributed by atoms with E-state index in [-0.39, 0.29) is 17.6 Å². The Morgan fingerprint density at radius 1 is 1.21 bits per heavy atom. The van der Waals surface area contributed by atoms with Crippen LogP contribution in [0.2, 0.25) is 0 Å². The first-order valence-electron chi connectivity index (χ1n) is 7.67. The van der Waals surface area contributed by atoms with Crippen LogP contribution in [0.15, 0.2) is 53.7 Å². The van der Waals surface area contributed by atoms with E-state index >= 15 is 0 Å². The summed E-state index contributed by atoms with van der Waals surface area (Å²) in [7, 11) is 1.36. The standard InChI is InChI=1S/C18H18N2O3S/c1-23-18(22)15-10-13-6-2-3-7-14(13)11-20(15)17(21)12-24-16-8-4-5-9-19-16/h2-9,15H,10-12H2,1H3. The molecule has 6 heteroatoms. The van der Waals surface area contributed by atoms with Gasteiger partial charge in [-0.2, -0.15) is 0 Å². The zero-order valence-corrected chi connectivity index (χ0v) is 14.2. The van der Waals surface area contributed by atoms with E-state index in [2.05, 4.69) is 4.98 Å². The highest BCUT2D eigenvalue weighted by atomic mass is 32.2. The topological polar surface area (TPSA) is 59.5 Å². The molecular formula is C18H18N2O3S. The molecule has 0 saturated heterocycles. The number of rotatable bonds is 4. The van der Waals surface area contributed by atoms with Gasteiger partial charge in [-0.25, -0.2) is 9.78 Å². The number of nitrogens with zero attached hydrogens (tertiary/aromatic N) is 2. The fourth-order valence-electron chi connectivity index (χ4n) is 2.78. The van der Waals surface area contributed by atoms with Gasteiger partial charge in [-0.3, -0.25) is 4.79 Å². The molecule has 0 bridgehead atoms. The predicted molar refractivity (Wildman–Crippen MR) is 91.5 cm³/mol. The largest absolute Gasteiger partial charge is 0.467 e. The summed E-state index contributed by atoms with van der Waals surface area (Å²) in [5.74, 6) is -0.219. The fraction of sp³-hybridized carbons (Fsp3) is 0.278. The van der Waals surface area contributed by atoms with Gasteiger partial charge in [0.25, 0.3) is 0 Å². The molecule has 0 N–H and O–H groups in total. The Bertz CT molecular complexity index is 736. The Balaban J connectivity index is 1.75. The summed E-state index contributed by atoms with van der Waals surface area (Å²) in [6.07, 6.45) is 2.18. The number of hydrogen-bond donors (Lipinski definition) is 0. The van der Waals surface area contributed by atoms with E-state index in [9.17, 15) is 9.59 Å². The summed E-state index contributed by atoms with van der Waals surface area (Å²) < 4.78 is 4.90. The van der Waals surface area contributed by atoms with E-state index in [0.717, 1.165) is 16.2 Å². The number of carbonyl (C=O) groups is 2. The van der Waals surface area contributed by atoms with Crippen LogP contribution in [0.4, 0.5) is 0 Å². The van der Waals surface area contributed by atoms with Gasteiger partial charge < -0.3 is 9.64 Å². The van der Waals surface area contributed by atoms with Gasteiger partial charge in [-0.05, 0) is 23.3 Å². The second-order valence-corrected chi connectivity index (χ2v) is 6.49. The maximum Gasteiger partial charge on any atom is 0.328 e. The lowest BCUT2D eigenvalue weighted by molar-refractivity contribution is -0.153. The van der Waals surface area contributed by atoms with Gasteiger partial charge in [0.1, 0.15) is 6.04 Å². The van der Waals surface area contributed by atoms with Crippen molar-refractivity contribution in [3.8, 4) is 0 Å². The number of hydrogen-bond acceptors (Lipinski definition) is 5. The minimum atomic E-state index is -0.568. The van der Waals surface area contributed by atoms with Gasteiger partial charge in [0, 0.05) is 19.2 Å². The Kier molecular flexibility index (Phi) is 5.15. The van der Waals surface area contributed by atoms with E-state index in [0.29, 0.717) is 13.0 Å². The van der Waals surface area contributed by atoms with Gasteiger partial charge in [0.2, 0.25) is 5.91 Å². The van der Waals surface area contributed by atoms with Crippen LogP contribution in [0.1, 0.15) is 11.1 Å². The van der Waals surface area contributed by atoms with Gasteiger partial charge in [0.05, 0.1) is 17.9 Å². The Labute approximate surface area is 145 Å². The molecule has 1 aliphatic rings. The molecule has 3 rings (SSSR count). The molecule has 1 amide bonds. The minimum absolute atomic E-state index is 0.0874. The molecule has 1 aromatic heterocycles. The lowest BCUT2D eigenvalue weighted by atomic mass is 9.94. The molecule has 124 valence electrons. The number of methoxy groups -OCH3 is 1. The highest BCUT2D eigenvalue weighted by Gasteiger charge is 2.35. The number of carbonyl (C=O) groups excluding carboxylic acids is 2. The van der Waals surface area contributed by atoms with Crippen molar-refractivity contribution in [3.63, 3.8) is 0 Å². The molecule has 1 aliphatic heterocycles. The van der Waals surface area contributed by atoms with Gasteiger partial charge in [-0.1, -0.05) is 42.1 Å². The lowest BCUT2D eigenvalue weighted by Crippen LogP contribution is -2.49. The number of aromatic nitrogens is 1. The highest BCUT2D eigenvalue weighted by molar-refractivity contribution is 7.99. The molecule has 2 heterocycles. The van der Waals surface area contributed by atoms with Crippen LogP contribution in [0.5, 0.6) is 0 Å². The summed E-state index contributed by atoms with van der Waals surface area (Å²) >= 11 is 1.37. The van der Waals surface area contributed by atoms with Crippen molar-refractivity contribution in [1.82, 2.24) is 9.88 Å². The summed E-state index contributed by atoms with van der Waals surface area (Å²) in [6.45, 7) is 0.428. The Hall–Kier alpha value is -2.34. The van der Waals surface area contributed by atoms with Crippen molar-refractivity contribution in [2.75, 3.05) is 12.9 Å². The summed E-state index contributed by atoms with van der Waals surface area (Å²) in [5, 5.41) is 0.790. The number of benzene rings is 1. The number of amides is 1. The quantitative estimate of drug-likeness (QED) is 0.630. The van der Waals surface area contributed by atoms with Gasteiger partial charge in [-0.15, -0.1) is 0 Å². The molecule has 2 aromatic rings. The number of esters is 1. The maximum atomic E-state index is 12.7. The first kappa shape index (κ1) is 16.5. The molecule has 5 nitrogen and oxygen atoms in total. The zero-order valence-electron chi connectivity index (χ0n) is 13.3. The number of thioether (sulfide) groups is 1. The second kappa shape index (κ2) is 7.49. The van der Waals surface area contributed by atoms with Crippen LogP contribution < -0.4 is 0 Å². The van der Waals surface area contributed by atoms with Crippen LogP contribution in [0.25, 0.3) is 0 Å². The van der Waals surface area contributed by atoms with Crippen LogP contribution in [-0.2, 0) is 27.3 Å². The average Bonchev–Trinajstić information content (AvgIpc) is 2.65. The summed E-state index contributed by atoms with van der Waals surface area (Å²) in [4.78, 5) is 30.6. The highest BCUT2D eigenvalue weighted by Crippen LogP contribution is 2.25. The smallest absolute Gasteiger partial charge is 0.328 e. The van der Waals surface area contributed by atoms with Gasteiger partial charge in [0.15, 0.2) is 0 Å². The molecule has 1 atom stereocenters. The van der Waals surface area contributed by atoms with Crippen LogP contribution in [0, 0.1) is 0 Å². The lowest BCUT2D eigenvalue weighted by Gasteiger charge is -2.35. The third-order valence-corrected chi connectivity index (χ3v) is 4.95. The first-order chi connectivity index (χ1) is 11.7. The average molecular weight is 342 g/mol. The molecule has 0 aliphatic carbocycles. The normalized spacial score (nSPS) is 16.4. The zero-order chi connectivity index (χ0) is 16.9. The van der Waals surface area contributed by atoms with E-state index in [1.807, 2.05) is 42.5 Å². The fourth-order valence-corrected chi connectivity index (χ4v) is 3.53. The number of pyridine rings is 1. The van der Waals surface area contributed by atoms with E-state index in [4.69, 9.17) is 4.74 Å². The number of fused-ring (bicyclic) bond motifs is 1. The molecule has 0 saturated carbocycles. The van der Waals surface area contributed by atoms with Crippen molar-refractivity contribution in [3.05, 3.63) is 59.8 Å². The predicted octanol–water partition coefficient (Wildman–Crippen LogP) is 2.30. The van der Waals surface area contributed by atoms with Crippen molar-refractivity contribution >= 4 is 23.6 Å². The van der Waals surface area contributed by atoms with Crippen molar-refractivity contribution in [1.29, 1.82) is 0 Å². The summed E-state index contributed by atoms with van der Waals surface area (Å²) in [5.41, 5.74) is 2.17. The minimum Gasteiger partial charge on any atom is -0.467 e. The van der Waals surface area contributed by atoms with Gasteiger partial charge >= 0.3 is 5.97 Å². The Morgan fingerprint density at radius 3 is 2.67 bits per heavy atom. The third kappa shape index (κ3) is 3.59. The van der Waals surface area contributed by atoms with Crippen molar-refractivity contribution in [2.24, 2.45) is 0 Å². The SMILES string of the molecule is COC(=O)C1Cc2ccccc2CN1C(=O)CSc1ccccn1. The van der Waals surface area contributed by atoms with Crippen LogP contribution >= 0.6 is 11.8 Å². The molecular weight excluding hydrogens is 324 g/mol. The monoisotopic (exact) mass is 342 g/mol.